The molecule has 1 aromatic heterocycles. The predicted molar refractivity (Wildman–Crippen MR) is 233 cm³/mol. The SMILES string of the molecule is CC(C)(C)OC(=O)NCCSCC(=O)Nc1ncc(C2=C(C(=O)OC(c3ccccc3)c3ccccc3)N3C(=O)C(NC(=O)CSc4ccc(Cl)c(Cl)c4)C3[S+]([O-])C2)s1. The normalized spacial score (nSPS) is 17.5. The molecule has 0 bridgehead atoms. The van der Waals surface area contributed by atoms with E-state index in [2.05, 4.69) is 20.9 Å². The Hall–Kier alpha value is -4.23. The third kappa shape index (κ3) is 11.5. The van der Waals surface area contributed by atoms with Gasteiger partial charge in [-0.05, 0) is 61.3 Å². The number of ether oxygens (including phenoxy) is 2. The van der Waals surface area contributed by atoms with Gasteiger partial charge in [0.15, 0.2) is 17.3 Å². The molecule has 1 saturated heterocycles. The van der Waals surface area contributed by atoms with Gasteiger partial charge in [0.25, 0.3) is 5.91 Å². The Bertz CT molecular complexity index is 2180. The van der Waals surface area contributed by atoms with Gasteiger partial charge in [-0.2, -0.15) is 11.8 Å². The van der Waals surface area contributed by atoms with Gasteiger partial charge < -0.3 is 30.0 Å². The summed E-state index contributed by atoms with van der Waals surface area (Å²) in [6.45, 7) is 5.59. The van der Waals surface area contributed by atoms with E-state index in [0.717, 1.165) is 16.2 Å². The number of aromatic nitrogens is 1. The summed E-state index contributed by atoms with van der Waals surface area (Å²) >= 11 is 13.9. The van der Waals surface area contributed by atoms with Crippen LogP contribution in [-0.4, -0.2) is 90.8 Å². The van der Waals surface area contributed by atoms with Gasteiger partial charge in [0.05, 0.1) is 32.0 Å². The van der Waals surface area contributed by atoms with Gasteiger partial charge in [-0.3, -0.25) is 19.3 Å². The average molecular weight is 917 g/mol. The first-order valence-corrected chi connectivity index (χ1v) is 23.2. The van der Waals surface area contributed by atoms with E-state index in [1.54, 1.807) is 39.0 Å². The van der Waals surface area contributed by atoms with E-state index in [4.69, 9.17) is 32.7 Å². The Labute approximate surface area is 366 Å². The number of carbonyl (C=O) groups is 5. The van der Waals surface area contributed by atoms with Crippen molar-refractivity contribution in [3.8, 4) is 0 Å². The molecule has 310 valence electrons. The molecule has 0 aliphatic carbocycles. The molecule has 13 nitrogen and oxygen atoms in total. The van der Waals surface area contributed by atoms with Gasteiger partial charge in [-0.1, -0.05) is 95.2 Å². The highest BCUT2D eigenvalue weighted by atomic mass is 35.5. The van der Waals surface area contributed by atoms with Crippen molar-refractivity contribution in [2.24, 2.45) is 0 Å². The molecule has 19 heteroatoms. The lowest BCUT2D eigenvalue weighted by atomic mass is 10.0. The fourth-order valence-corrected chi connectivity index (χ4v) is 10.4. The first-order chi connectivity index (χ1) is 28.2. The number of thioether (sulfide) groups is 2. The predicted octanol–water partition coefficient (Wildman–Crippen LogP) is 6.90. The Kier molecular flexibility index (Phi) is 14.9. The Morgan fingerprint density at radius 1 is 0.983 bits per heavy atom. The third-order valence-electron chi connectivity index (χ3n) is 8.52. The largest absolute Gasteiger partial charge is 0.614 e. The van der Waals surface area contributed by atoms with E-state index in [-0.39, 0.29) is 39.6 Å². The van der Waals surface area contributed by atoms with E-state index in [1.165, 1.54) is 29.7 Å². The van der Waals surface area contributed by atoms with Gasteiger partial charge in [0.1, 0.15) is 17.1 Å². The van der Waals surface area contributed by atoms with Crippen LogP contribution < -0.4 is 16.0 Å². The van der Waals surface area contributed by atoms with Crippen molar-refractivity contribution in [3.05, 3.63) is 117 Å². The van der Waals surface area contributed by atoms with E-state index >= 15 is 0 Å². The number of nitrogens with zero attached hydrogens (tertiary/aromatic N) is 2. The van der Waals surface area contributed by atoms with Crippen molar-refractivity contribution in [1.82, 2.24) is 20.5 Å². The summed E-state index contributed by atoms with van der Waals surface area (Å²) < 4.78 is 25.4. The zero-order chi connectivity index (χ0) is 42.3. The van der Waals surface area contributed by atoms with E-state index in [0.29, 0.717) is 43.2 Å². The van der Waals surface area contributed by atoms with Gasteiger partial charge in [-0.15, -0.1) is 11.8 Å². The minimum Gasteiger partial charge on any atom is -0.614 e. The molecule has 3 atom stereocenters. The number of hydrogen-bond acceptors (Lipinski definition) is 12. The van der Waals surface area contributed by atoms with E-state index < -0.39 is 58.2 Å². The van der Waals surface area contributed by atoms with Gasteiger partial charge in [0, 0.05) is 23.4 Å². The number of esters is 1. The van der Waals surface area contributed by atoms with Crippen LogP contribution in [0.3, 0.4) is 0 Å². The maximum Gasteiger partial charge on any atom is 0.407 e. The molecule has 2 aliphatic rings. The van der Waals surface area contributed by atoms with Gasteiger partial charge >= 0.3 is 12.1 Å². The molecule has 2 aliphatic heterocycles. The monoisotopic (exact) mass is 915 g/mol. The summed E-state index contributed by atoms with van der Waals surface area (Å²) in [7, 11) is 0. The second-order valence-electron chi connectivity index (χ2n) is 14.0. The molecule has 0 radical (unpaired) electrons. The number of alkyl carbamates (subject to hydrolysis) is 1. The molecular weight excluding hydrogens is 878 g/mol. The third-order valence-corrected chi connectivity index (χ3v) is 13.8. The number of nitrogens with one attached hydrogen (secondary N) is 3. The molecule has 0 spiro atoms. The van der Waals surface area contributed by atoms with Crippen molar-refractivity contribution in [3.63, 3.8) is 0 Å². The summed E-state index contributed by atoms with van der Waals surface area (Å²) in [6, 6.07) is 22.1. The van der Waals surface area contributed by atoms with E-state index in [1.807, 2.05) is 60.7 Å². The van der Waals surface area contributed by atoms with Crippen molar-refractivity contribution < 1.29 is 38.0 Å². The molecule has 3 aromatic carbocycles. The smallest absolute Gasteiger partial charge is 0.407 e. The van der Waals surface area contributed by atoms with Gasteiger partial charge in [0.2, 0.25) is 17.2 Å². The lowest BCUT2D eigenvalue weighted by Crippen LogP contribution is -2.74. The molecule has 1 fully saturated rings. The highest BCUT2D eigenvalue weighted by Crippen LogP contribution is 2.43. The van der Waals surface area contributed by atoms with Crippen LogP contribution in [0.25, 0.3) is 5.57 Å². The lowest BCUT2D eigenvalue weighted by molar-refractivity contribution is -0.154. The number of rotatable bonds is 15. The number of carbonyl (C=O) groups excluding carboxylic acids is 5. The van der Waals surface area contributed by atoms with Crippen molar-refractivity contribution in [2.45, 2.75) is 48.8 Å². The highest BCUT2D eigenvalue weighted by molar-refractivity contribution is 8.00. The van der Waals surface area contributed by atoms with Crippen molar-refractivity contribution >= 4 is 110 Å². The van der Waals surface area contributed by atoms with Crippen LogP contribution in [0.2, 0.25) is 10.0 Å². The van der Waals surface area contributed by atoms with Crippen LogP contribution in [0, 0.1) is 0 Å². The molecule has 4 aromatic rings. The van der Waals surface area contributed by atoms with Crippen LogP contribution >= 0.6 is 58.1 Å². The quantitative estimate of drug-likeness (QED) is 0.0372. The maximum absolute atomic E-state index is 14.5. The summed E-state index contributed by atoms with van der Waals surface area (Å²) in [5.74, 6) is -2.02. The molecule has 3 unspecified atom stereocenters. The Balaban J connectivity index is 1.20. The first-order valence-electron chi connectivity index (χ1n) is 18.1. The molecule has 4 amide bonds. The fourth-order valence-electron chi connectivity index (χ4n) is 5.96. The molecule has 3 heterocycles. The number of thiazole rings is 1. The van der Waals surface area contributed by atoms with E-state index in [9.17, 15) is 28.5 Å². The number of benzene rings is 3. The second-order valence-corrected chi connectivity index (χ2v) is 19.6. The maximum atomic E-state index is 14.5. The summed E-state index contributed by atoms with van der Waals surface area (Å²) in [5.41, 5.74) is 0.874. The van der Waals surface area contributed by atoms with Crippen molar-refractivity contribution in [1.29, 1.82) is 0 Å². The minimum absolute atomic E-state index is 0.0657. The molecule has 59 heavy (non-hydrogen) atoms. The molecule has 6 rings (SSSR count). The van der Waals surface area contributed by atoms with Crippen LogP contribution in [-0.2, 0) is 39.8 Å². The van der Waals surface area contributed by atoms with Crippen LogP contribution in [0.15, 0.2) is 95.7 Å². The summed E-state index contributed by atoms with van der Waals surface area (Å²) in [4.78, 5) is 72.8. The van der Waals surface area contributed by atoms with Crippen LogP contribution in [0.4, 0.5) is 9.93 Å². The van der Waals surface area contributed by atoms with Crippen LogP contribution in [0.5, 0.6) is 0 Å². The number of amides is 4. The number of halogens is 2. The zero-order valence-electron chi connectivity index (χ0n) is 31.9. The first kappa shape index (κ1) is 44.3. The standard InChI is InChI=1S/C40H39Cl2N5O8S4/c1-40(2,3)55-39(52)43-16-17-56-20-30(48)46-38-44-19-29(58-38)26-22-59(53)36-32(45-31(49)21-57-25-14-15-27(41)28(42)18-25)35(50)47(36)33(26)37(51)54-34(23-10-6-4-7-11-23)24-12-8-5-9-13-24/h4-15,18-19,32,34,36H,16-17,20-22H2,1-3H3,(H,43,52)(H,45,49)(H,44,46,48). The Morgan fingerprint density at radius 3 is 2.31 bits per heavy atom. The number of anilines is 1. The van der Waals surface area contributed by atoms with Crippen LogP contribution in [0.1, 0.15) is 42.9 Å². The minimum atomic E-state index is -1.78. The topological polar surface area (TPSA) is 179 Å². The molecular formula is C40H39Cl2N5O8S4. The number of hydrogen-bond donors (Lipinski definition) is 3. The fraction of sp³-hybridized carbons (Fsp3) is 0.300. The van der Waals surface area contributed by atoms with Gasteiger partial charge in [-0.25, -0.2) is 14.6 Å². The lowest BCUT2D eigenvalue weighted by Gasteiger charge is -2.49. The second kappa shape index (κ2) is 19.9. The zero-order valence-corrected chi connectivity index (χ0v) is 36.7. The summed E-state index contributed by atoms with van der Waals surface area (Å²) in [6.07, 6.45) is 0.0353. The van der Waals surface area contributed by atoms with Crippen molar-refractivity contribution in [2.75, 3.05) is 34.9 Å². The average Bonchev–Trinajstić information content (AvgIpc) is 3.66. The number of fused-ring (bicyclic) bond motifs is 1. The Morgan fingerprint density at radius 2 is 1.66 bits per heavy atom. The highest BCUT2D eigenvalue weighted by Gasteiger charge is 2.61. The molecule has 3 N–H and O–H groups in total. The number of β-lactam (4-membered cyclic amide) rings is 1. The summed E-state index contributed by atoms with van der Waals surface area (Å²) in [5, 5.41) is 7.96. The molecule has 0 saturated carbocycles.